The highest BCUT2D eigenvalue weighted by Gasteiger charge is 2.21. The molecule has 0 aliphatic rings. The lowest BCUT2D eigenvalue weighted by molar-refractivity contribution is -0.133. The van der Waals surface area contributed by atoms with Gasteiger partial charge in [0, 0.05) is 6.61 Å². The zero-order valence-electron chi connectivity index (χ0n) is 12.8. The van der Waals surface area contributed by atoms with Gasteiger partial charge in [0.1, 0.15) is 6.10 Å². The van der Waals surface area contributed by atoms with E-state index in [1.54, 1.807) is 0 Å². The number of aliphatic carboxylic acids is 1. The molecule has 118 valence electrons. The first-order valence-electron chi connectivity index (χ1n) is 7.02. The van der Waals surface area contributed by atoms with Crippen LogP contribution in [-0.2, 0) is 9.53 Å². The molecule has 0 saturated carbocycles. The molecule has 1 aromatic carbocycles. The molecule has 0 fully saturated rings. The van der Waals surface area contributed by atoms with Crippen LogP contribution in [0.5, 0.6) is 0 Å². The number of rotatable bonds is 7. The number of carboxylic acids is 1. The summed E-state index contributed by atoms with van der Waals surface area (Å²) in [5, 5.41) is 17.8. The number of thioether (sulfide) groups is 1. The molecule has 2 rings (SSSR count). The van der Waals surface area contributed by atoms with Gasteiger partial charge in [-0.3, -0.25) is 9.36 Å². The highest BCUT2D eigenvalue weighted by atomic mass is 32.2. The third-order valence-electron chi connectivity index (χ3n) is 3.12. The first-order valence-corrected chi connectivity index (χ1v) is 8.00. The molecule has 0 spiro atoms. The zero-order chi connectivity index (χ0) is 16.1. The van der Waals surface area contributed by atoms with Gasteiger partial charge in [0.15, 0.2) is 11.0 Å². The van der Waals surface area contributed by atoms with Crippen molar-refractivity contribution in [1.82, 2.24) is 14.8 Å². The van der Waals surface area contributed by atoms with Crippen molar-refractivity contribution in [2.45, 2.75) is 32.0 Å². The minimum Gasteiger partial charge on any atom is -0.481 e. The SMILES string of the molecule is CCOC(C)c1nnc(SCC(=O)O)n1-c1ccccc1C. The van der Waals surface area contributed by atoms with E-state index in [2.05, 4.69) is 10.2 Å². The van der Waals surface area contributed by atoms with Crippen molar-refractivity contribution in [2.24, 2.45) is 0 Å². The highest BCUT2D eigenvalue weighted by Crippen LogP contribution is 2.27. The second-order valence-corrected chi connectivity index (χ2v) is 5.69. The van der Waals surface area contributed by atoms with E-state index < -0.39 is 5.97 Å². The number of ether oxygens (including phenoxy) is 1. The number of benzene rings is 1. The summed E-state index contributed by atoms with van der Waals surface area (Å²) in [4.78, 5) is 10.8. The first-order chi connectivity index (χ1) is 10.5. The van der Waals surface area contributed by atoms with Gasteiger partial charge in [0.05, 0.1) is 11.4 Å². The number of carbonyl (C=O) groups is 1. The fourth-order valence-corrected chi connectivity index (χ4v) is 2.80. The lowest BCUT2D eigenvalue weighted by Gasteiger charge is -2.16. The number of hydrogen-bond acceptors (Lipinski definition) is 5. The van der Waals surface area contributed by atoms with Crippen LogP contribution in [0.15, 0.2) is 29.4 Å². The number of para-hydroxylation sites is 1. The Bertz CT molecular complexity index is 657. The Kier molecular flexibility index (Phi) is 5.57. The summed E-state index contributed by atoms with van der Waals surface area (Å²) in [5.41, 5.74) is 1.99. The highest BCUT2D eigenvalue weighted by molar-refractivity contribution is 7.99. The van der Waals surface area contributed by atoms with Crippen LogP contribution in [0.4, 0.5) is 0 Å². The van der Waals surface area contributed by atoms with E-state index in [4.69, 9.17) is 9.84 Å². The lowest BCUT2D eigenvalue weighted by atomic mass is 10.2. The topological polar surface area (TPSA) is 77.2 Å². The van der Waals surface area contributed by atoms with Gasteiger partial charge in [-0.1, -0.05) is 30.0 Å². The Hall–Kier alpha value is -1.86. The predicted molar refractivity (Wildman–Crippen MR) is 84.5 cm³/mol. The van der Waals surface area contributed by atoms with E-state index in [0.29, 0.717) is 17.6 Å². The molecule has 1 N–H and O–H groups in total. The molecule has 22 heavy (non-hydrogen) atoms. The maximum atomic E-state index is 10.8. The van der Waals surface area contributed by atoms with E-state index in [0.717, 1.165) is 23.0 Å². The lowest BCUT2D eigenvalue weighted by Crippen LogP contribution is -2.10. The molecular formula is C15H19N3O3S. The van der Waals surface area contributed by atoms with Crippen LogP contribution in [0.1, 0.15) is 31.3 Å². The van der Waals surface area contributed by atoms with Gasteiger partial charge in [-0.05, 0) is 32.4 Å². The average molecular weight is 321 g/mol. The van der Waals surface area contributed by atoms with Crippen LogP contribution in [0, 0.1) is 6.92 Å². The Labute approximate surface area is 133 Å². The van der Waals surface area contributed by atoms with Crippen LogP contribution in [0.25, 0.3) is 5.69 Å². The molecule has 0 aliphatic carbocycles. The van der Waals surface area contributed by atoms with E-state index in [1.807, 2.05) is 49.6 Å². The molecule has 1 aromatic heterocycles. The molecule has 7 heteroatoms. The maximum absolute atomic E-state index is 10.8. The summed E-state index contributed by atoms with van der Waals surface area (Å²) in [6.07, 6.45) is -0.226. The Morgan fingerprint density at radius 2 is 2.14 bits per heavy atom. The number of aryl methyl sites for hydroxylation is 1. The van der Waals surface area contributed by atoms with Crippen molar-refractivity contribution >= 4 is 17.7 Å². The number of aromatic nitrogens is 3. The Morgan fingerprint density at radius 1 is 1.41 bits per heavy atom. The fraction of sp³-hybridized carbons (Fsp3) is 0.400. The standard InChI is InChI=1S/C15H19N3O3S/c1-4-21-11(3)14-16-17-15(22-9-13(19)20)18(14)12-8-6-5-7-10(12)2/h5-8,11H,4,9H2,1-3H3,(H,19,20). The average Bonchev–Trinajstić information content (AvgIpc) is 2.89. The summed E-state index contributed by atoms with van der Waals surface area (Å²) in [5.74, 6) is -0.277. The van der Waals surface area contributed by atoms with Crippen molar-refractivity contribution in [1.29, 1.82) is 0 Å². The van der Waals surface area contributed by atoms with Crippen LogP contribution >= 0.6 is 11.8 Å². The van der Waals surface area contributed by atoms with E-state index in [1.165, 1.54) is 0 Å². The zero-order valence-corrected chi connectivity index (χ0v) is 13.6. The summed E-state index contributed by atoms with van der Waals surface area (Å²) in [7, 11) is 0. The van der Waals surface area contributed by atoms with Gasteiger partial charge >= 0.3 is 5.97 Å². The van der Waals surface area contributed by atoms with E-state index in [9.17, 15) is 4.79 Å². The molecule has 0 amide bonds. The molecule has 1 atom stereocenters. The third-order valence-corrected chi connectivity index (χ3v) is 4.03. The molecule has 0 radical (unpaired) electrons. The third kappa shape index (κ3) is 3.66. The van der Waals surface area contributed by atoms with Crippen molar-refractivity contribution in [3.05, 3.63) is 35.7 Å². The van der Waals surface area contributed by atoms with Crippen molar-refractivity contribution in [3.8, 4) is 5.69 Å². The minimum absolute atomic E-state index is 0.0625. The maximum Gasteiger partial charge on any atom is 0.313 e. The Morgan fingerprint density at radius 3 is 2.77 bits per heavy atom. The van der Waals surface area contributed by atoms with Crippen molar-refractivity contribution in [3.63, 3.8) is 0 Å². The molecule has 0 aliphatic heterocycles. The number of hydrogen-bond donors (Lipinski definition) is 1. The summed E-state index contributed by atoms with van der Waals surface area (Å²) >= 11 is 1.15. The molecule has 6 nitrogen and oxygen atoms in total. The summed E-state index contributed by atoms with van der Waals surface area (Å²) < 4.78 is 7.50. The quantitative estimate of drug-likeness (QED) is 0.790. The summed E-state index contributed by atoms with van der Waals surface area (Å²) in [6, 6.07) is 7.85. The second-order valence-electron chi connectivity index (χ2n) is 4.74. The largest absolute Gasteiger partial charge is 0.481 e. The molecule has 0 bridgehead atoms. The van der Waals surface area contributed by atoms with Crippen LogP contribution in [0.3, 0.4) is 0 Å². The number of nitrogens with zero attached hydrogens (tertiary/aromatic N) is 3. The smallest absolute Gasteiger partial charge is 0.313 e. The van der Waals surface area contributed by atoms with Gasteiger partial charge in [-0.2, -0.15) is 0 Å². The van der Waals surface area contributed by atoms with Gasteiger partial charge in [-0.15, -0.1) is 10.2 Å². The molecule has 0 saturated heterocycles. The second kappa shape index (κ2) is 7.42. The summed E-state index contributed by atoms with van der Waals surface area (Å²) in [6.45, 7) is 6.40. The molecular weight excluding hydrogens is 302 g/mol. The van der Waals surface area contributed by atoms with Gasteiger partial charge in [-0.25, -0.2) is 0 Å². The van der Waals surface area contributed by atoms with Gasteiger partial charge < -0.3 is 9.84 Å². The monoisotopic (exact) mass is 321 g/mol. The predicted octanol–water partition coefficient (Wildman–Crippen LogP) is 2.85. The molecule has 1 unspecified atom stereocenters. The molecule has 1 heterocycles. The van der Waals surface area contributed by atoms with Crippen LogP contribution < -0.4 is 0 Å². The van der Waals surface area contributed by atoms with Gasteiger partial charge in [0.25, 0.3) is 0 Å². The van der Waals surface area contributed by atoms with Gasteiger partial charge in [0.2, 0.25) is 0 Å². The van der Waals surface area contributed by atoms with E-state index in [-0.39, 0.29) is 11.9 Å². The Balaban J connectivity index is 2.48. The van der Waals surface area contributed by atoms with Crippen molar-refractivity contribution < 1.29 is 14.6 Å². The fourth-order valence-electron chi connectivity index (χ4n) is 2.13. The van der Waals surface area contributed by atoms with Crippen molar-refractivity contribution in [2.75, 3.05) is 12.4 Å². The minimum atomic E-state index is -0.885. The van der Waals surface area contributed by atoms with E-state index >= 15 is 0 Å². The number of carboxylic acid groups (broad SMARTS) is 1. The normalized spacial score (nSPS) is 12.3. The first kappa shape index (κ1) is 16.5. The van der Waals surface area contributed by atoms with Crippen LogP contribution in [-0.4, -0.2) is 38.2 Å². The molecule has 2 aromatic rings. The van der Waals surface area contributed by atoms with Crippen LogP contribution in [0.2, 0.25) is 0 Å².